The van der Waals surface area contributed by atoms with E-state index in [0.29, 0.717) is 45.3 Å². The molecule has 2 aliphatic heterocycles. The number of benzene rings is 2. The first-order chi connectivity index (χ1) is 18.0. The maximum atomic E-state index is 11.4. The van der Waals surface area contributed by atoms with Crippen LogP contribution >= 0.6 is 0 Å². The second kappa shape index (κ2) is 9.12. The van der Waals surface area contributed by atoms with Crippen molar-refractivity contribution in [1.82, 2.24) is 9.80 Å². The van der Waals surface area contributed by atoms with Crippen molar-refractivity contribution < 1.29 is 24.8 Å². The number of rotatable bonds is 4. The van der Waals surface area contributed by atoms with Crippen LogP contribution in [0.15, 0.2) is 18.2 Å². The first kappa shape index (κ1) is 25.9. The molecule has 6 rings (SSSR count). The molecule has 2 aromatic rings. The summed E-state index contributed by atoms with van der Waals surface area (Å²) in [6, 6.07) is 5.80. The van der Waals surface area contributed by atoms with Gasteiger partial charge in [0.2, 0.25) is 0 Å². The molecule has 0 amide bonds. The number of hydrogen-bond donors (Lipinski definition) is 3. The largest absolute Gasteiger partial charge is 0.508 e. The van der Waals surface area contributed by atoms with E-state index >= 15 is 0 Å². The van der Waals surface area contributed by atoms with Gasteiger partial charge in [-0.3, -0.25) is 9.80 Å². The molecule has 2 aliphatic carbocycles. The molecule has 2 saturated heterocycles. The number of phenols is 3. The molecule has 2 heterocycles. The second-order valence-corrected chi connectivity index (χ2v) is 13.1. The van der Waals surface area contributed by atoms with Crippen LogP contribution in [0.25, 0.3) is 0 Å². The van der Waals surface area contributed by atoms with Crippen LogP contribution in [0.2, 0.25) is 0 Å². The molecule has 1 atom stereocenters. The Morgan fingerprint density at radius 2 is 1.18 bits per heavy atom. The first-order valence-corrected chi connectivity index (χ1v) is 14.1. The third-order valence-electron chi connectivity index (χ3n) is 9.54. The molecule has 38 heavy (non-hydrogen) atoms. The Labute approximate surface area is 226 Å². The molecule has 206 valence electrons. The molecule has 0 bridgehead atoms. The quantitative estimate of drug-likeness (QED) is 0.521. The summed E-state index contributed by atoms with van der Waals surface area (Å²) in [4.78, 5) is 4.69. The normalized spacial score (nSPS) is 26.5. The molecule has 1 unspecified atom stereocenters. The number of phenolic OH excluding ortho intramolecular Hbond substituents is 3. The van der Waals surface area contributed by atoms with E-state index in [2.05, 4.69) is 43.6 Å². The van der Waals surface area contributed by atoms with Crippen molar-refractivity contribution in [1.29, 1.82) is 0 Å². The zero-order valence-electron chi connectivity index (χ0n) is 23.3. The second-order valence-electron chi connectivity index (χ2n) is 13.1. The van der Waals surface area contributed by atoms with Gasteiger partial charge in [-0.05, 0) is 58.1 Å². The van der Waals surface area contributed by atoms with E-state index < -0.39 is 0 Å². The number of nitrogens with zero attached hydrogens (tertiary/aromatic N) is 2. The van der Waals surface area contributed by atoms with Gasteiger partial charge in [-0.2, -0.15) is 0 Å². The Morgan fingerprint density at radius 3 is 1.76 bits per heavy atom. The fourth-order valence-electron chi connectivity index (χ4n) is 8.06. The average molecular weight is 523 g/mol. The summed E-state index contributed by atoms with van der Waals surface area (Å²) in [6.45, 7) is 16.4. The Balaban J connectivity index is 1.58. The molecule has 2 aromatic carbocycles. The molecular formula is C31H42N2O5. The fourth-order valence-corrected chi connectivity index (χ4v) is 8.06. The zero-order chi connectivity index (χ0) is 26.9. The highest BCUT2D eigenvalue weighted by atomic mass is 16.5. The fraction of sp³-hybridized carbons (Fsp3) is 0.613. The molecular weight excluding hydrogens is 480 g/mol. The molecule has 4 aliphatic rings. The van der Waals surface area contributed by atoms with Gasteiger partial charge in [0.25, 0.3) is 0 Å². The summed E-state index contributed by atoms with van der Waals surface area (Å²) in [7, 11) is 0. The van der Waals surface area contributed by atoms with Crippen LogP contribution in [-0.4, -0.2) is 77.7 Å². The minimum atomic E-state index is -0.370. The van der Waals surface area contributed by atoms with Gasteiger partial charge in [0.15, 0.2) is 11.5 Å². The van der Waals surface area contributed by atoms with E-state index in [9.17, 15) is 15.3 Å². The van der Waals surface area contributed by atoms with E-state index in [-0.39, 0.29) is 27.7 Å². The molecule has 2 fully saturated rings. The smallest absolute Gasteiger partial charge is 0.162 e. The summed E-state index contributed by atoms with van der Waals surface area (Å²) in [5, 5.41) is 33.7. The summed E-state index contributed by atoms with van der Waals surface area (Å²) in [6.07, 6.45) is 1.76. The highest BCUT2D eigenvalue weighted by molar-refractivity contribution is 5.69. The Morgan fingerprint density at radius 1 is 0.684 bits per heavy atom. The minimum Gasteiger partial charge on any atom is -0.508 e. The van der Waals surface area contributed by atoms with Gasteiger partial charge >= 0.3 is 0 Å². The van der Waals surface area contributed by atoms with Crippen LogP contribution in [0.1, 0.15) is 73.9 Å². The Kier molecular flexibility index (Phi) is 6.22. The van der Waals surface area contributed by atoms with Crippen LogP contribution in [0.4, 0.5) is 0 Å². The third-order valence-corrected chi connectivity index (χ3v) is 9.54. The van der Waals surface area contributed by atoms with Crippen LogP contribution in [0.3, 0.4) is 0 Å². The number of hydrogen-bond acceptors (Lipinski definition) is 7. The summed E-state index contributed by atoms with van der Waals surface area (Å²) in [5.41, 5.74) is 5.93. The summed E-state index contributed by atoms with van der Waals surface area (Å²) in [5.74, 6) is 0.295. The van der Waals surface area contributed by atoms with Crippen molar-refractivity contribution in [2.24, 2.45) is 0 Å². The van der Waals surface area contributed by atoms with E-state index in [1.807, 2.05) is 6.07 Å². The lowest BCUT2D eigenvalue weighted by Crippen LogP contribution is -2.37. The third kappa shape index (κ3) is 4.01. The van der Waals surface area contributed by atoms with Gasteiger partial charge in [0.05, 0.1) is 26.4 Å². The van der Waals surface area contributed by atoms with Crippen molar-refractivity contribution in [3.8, 4) is 17.2 Å². The predicted octanol–water partition coefficient (Wildman–Crippen LogP) is 4.12. The molecule has 0 saturated carbocycles. The standard InChI is InChI=1S/C31H42N2O5/c1-29(2)18-31(26-20(24(34)6-5-22(26)29)16-32-7-11-37-12-8-32)19-30(3,4)23-15-25(35)28(36)21(27(23)31)17-33-9-13-38-14-10-33/h5-6,15,34-36H,7-14,16-19H2,1-4H3. The number of ether oxygens (including phenoxy) is 2. The van der Waals surface area contributed by atoms with E-state index in [1.54, 1.807) is 6.07 Å². The Bertz CT molecular complexity index is 1240. The average Bonchev–Trinajstić information content (AvgIpc) is 3.23. The monoisotopic (exact) mass is 522 g/mol. The van der Waals surface area contributed by atoms with E-state index in [0.717, 1.165) is 61.3 Å². The minimum absolute atomic E-state index is 0.00606. The van der Waals surface area contributed by atoms with Gasteiger partial charge in [0, 0.05) is 55.8 Å². The molecule has 0 aromatic heterocycles. The van der Waals surface area contributed by atoms with Crippen LogP contribution in [0.5, 0.6) is 17.2 Å². The molecule has 0 radical (unpaired) electrons. The lowest BCUT2D eigenvalue weighted by molar-refractivity contribution is 0.0334. The summed E-state index contributed by atoms with van der Waals surface area (Å²) < 4.78 is 11.2. The van der Waals surface area contributed by atoms with Crippen LogP contribution in [0, 0.1) is 0 Å². The predicted molar refractivity (Wildman–Crippen MR) is 146 cm³/mol. The number of fused-ring (bicyclic) bond motifs is 4. The summed E-state index contributed by atoms with van der Waals surface area (Å²) >= 11 is 0. The van der Waals surface area contributed by atoms with Crippen LogP contribution in [-0.2, 0) is 38.8 Å². The lowest BCUT2D eigenvalue weighted by Gasteiger charge is -2.36. The molecule has 7 heteroatoms. The first-order valence-electron chi connectivity index (χ1n) is 14.1. The zero-order valence-corrected chi connectivity index (χ0v) is 23.3. The van der Waals surface area contributed by atoms with Gasteiger partial charge in [-0.25, -0.2) is 0 Å². The highest BCUT2D eigenvalue weighted by Gasteiger charge is 2.58. The van der Waals surface area contributed by atoms with Crippen molar-refractivity contribution in [3.63, 3.8) is 0 Å². The maximum absolute atomic E-state index is 11.4. The number of aromatic hydroxyl groups is 3. The van der Waals surface area contributed by atoms with Crippen molar-refractivity contribution >= 4 is 0 Å². The van der Waals surface area contributed by atoms with Gasteiger partial charge in [-0.15, -0.1) is 0 Å². The lowest BCUT2D eigenvalue weighted by atomic mass is 9.70. The highest BCUT2D eigenvalue weighted by Crippen LogP contribution is 2.66. The molecule has 1 spiro atoms. The Hall–Kier alpha value is -2.32. The van der Waals surface area contributed by atoms with Gasteiger partial charge in [0.1, 0.15) is 5.75 Å². The van der Waals surface area contributed by atoms with Gasteiger partial charge in [-0.1, -0.05) is 33.8 Å². The maximum Gasteiger partial charge on any atom is 0.162 e. The van der Waals surface area contributed by atoms with E-state index in [4.69, 9.17) is 9.47 Å². The van der Waals surface area contributed by atoms with Crippen molar-refractivity contribution in [3.05, 3.63) is 51.6 Å². The van der Waals surface area contributed by atoms with Crippen molar-refractivity contribution in [2.75, 3.05) is 52.6 Å². The van der Waals surface area contributed by atoms with Crippen LogP contribution < -0.4 is 0 Å². The van der Waals surface area contributed by atoms with Gasteiger partial charge < -0.3 is 24.8 Å². The molecule has 3 N–H and O–H groups in total. The number of morpholine rings is 2. The van der Waals surface area contributed by atoms with E-state index in [1.165, 1.54) is 11.1 Å². The van der Waals surface area contributed by atoms with Crippen molar-refractivity contribution in [2.45, 2.75) is 69.9 Å². The molecule has 7 nitrogen and oxygen atoms in total. The topological polar surface area (TPSA) is 85.6 Å². The SMILES string of the molecule is CC1(C)CC2(CC(C)(C)c3cc(O)c(O)c(CN4CCOCC4)c32)c2c1ccc(O)c2CN1CCOCC1.